The number of hydrogen-bond donors (Lipinski definition) is 2. The van der Waals surface area contributed by atoms with Gasteiger partial charge in [-0.25, -0.2) is 0 Å². The molecule has 0 amide bonds. The predicted octanol–water partition coefficient (Wildman–Crippen LogP) is 2.08. The number of aryl methyl sites for hydroxylation is 1. The monoisotopic (exact) mass is 246 g/mol. The fourth-order valence-electron chi connectivity index (χ4n) is 2.17. The Bertz CT molecular complexity index is 574. The number of hydrogen-bond acceptors (Lipinski definition) is 3. The minimum Gasteiger partial charge on any atom is -0.468 e. The summed E-state index contributed by atoms with van der Waals surface area (Å²) in [6, 6.07) is 5.54. The van der Waals surface area contributed by atoms with Crippen LogP contribution in [-0.2, 0) is 9.53 Å². The van der Waals surface area contributed by atoms with Crippen LogP contribution in [0.3, 0.4) is 0 Å². The van der Waals surface area contributed by atoms with Crippen molar-refractivity contribution in [2.45, 2.75) is 25.8 Å². The molecule has 4 heteroatoms. The number of rotatable bonds is 3. The standard InChI is InChI=1S/C14H18N2O2/c1-8-4-5-12-10(6-8)11(7-16-12)9(2)13(15)14(17)18-3/h4-7,9,13,16H,15H2,1-3H3. The number of carbonyl (C=O) groups is 1. The van der Waals surface area contributed by atoms with Crippen LogP contribution in [0, 0.1) is 6.92 Å². The molecule has 0 bridgehead atoms. The van der Waals surface area contributed by atoms with Gasteiger partial charge < -0.3 is 15.5 Å². The van der Waals surface area contributed by atoms with Gasteiger partial charge in [0.1, 0.15) is 6.04 Å². The molecule has 1 heterocycles. The number of carbonyl (C=O) groups excluding carboxylic acids is 1. The van der Waals surface area contributed by atoms with Crippen molar-refractivity contribution in [1.29, 1.82) is 0 Å². The van der Waals surface area contributed by atoms with Crippen molar-refractivity contribution < 1.29 is 9.53 Å². The molecular formula is C14H18N2O2. The highest BCUT2D eigenvalue weighted by Gasteiger charge is 2.24. The number of ether oxygens (including phenoxy) is 1. The molecule has 0 aliphatic heterocycles. The number of nitrogens with two attached hydrogens (primary N) is 1. The maximum Gasteiger partial charge on any atom is 0.323 e. The predicted molar refractivity (Wildman–Crippen MR) is 71.4 cm³/mol. The number of H-pyrrole nitrogens is 1. The molecule has 0 radical (unpaired) electrons. The van der Waals surface area contributed by atoms with Crippen LogP contribution in [0.1, 0.15) is 24.0 Å². The smallest absolute Gasteiger partial charge is 0.323 e. The lowest BCUT2D eigenvalue weighted by Gasteiger charge is -2.17. The minimum absolute atomic E-state index is 0.0898. The second kappa shape index (κ2) is 4.82. The van der Waals surface area contributed by atoms with E-state index >= 15 is 0 Å². The van der Waals surface area contributed by atoms with Gasteiger partial charge in [0, 0.05) is 23.0 Å². The number of aromatic nitrogens is 1. The summed E-state index contributed by atoms with van der Waals surface area (Å²) in [5.74, 6) is -0.475. The Labute approximate surface area is 106 Å². The third-order valence-corrected chi connectivity index (χ3v) is 3.37. The lowest BCUT2D eigenvalue weighted by Crippen LogP contribution is -2.36. The van der Waals surface area contributed by atoms with E-state index in [0.717, 1.165) is 16.5 Å². The van der Waals surface area contributed by atoms with Crippen LogP contribution in [0.25, 0.3) is 10.9 Å². The second-order valence-corrected chi connectivity index (χ2v) is 4.63. The zero-order valence-corrected chi connectivity index (χ0v) is 10.9. The number of methoxy groups -OCH3 is 1. The summed E-state index contributed by atoms with van der Waals surface area (Å²) in [6.45, 7) is 3.98. The number of nitrogens with one attached hydrogen (secondary N) is 1. The van der Waals surface area contributed by atoms with Gasteiger partial charge in [-0.15, -0.1) is 0 Å². The molecule has 2 rings (SSSR count). The Morgan fingerprint density at radius 3 is 2.83 bits per heavy atom. The van der Waals surface area contributed by atoms with Crippen molar-refractivity contribution in [3.63, 3.8) is 0 Å². The first kappa shape index (κ1) is 12.6. The quantitative estimate of drug-likeness (QED) is 0.815. The lowest BCUT2D eigenvalue weighted by atomic mass is 9.93. The summed E-state index contributed by atoms with van der Waals surface area (Å²) >= 11 is 0. The highest BCUT2D eigenvalue weighted by molar-refractivity contribution is 5.86. The molecule has 96 valence electrons. The normalized spacial score (nSPS) is 14.4. The topological polar surface area (TPSA) is 68.1 Å². The van der Waals surface area contributed by atoms with Crippen molar-refractivity contribution >= 4 is 16.9 Å². The van der Waals surface area contributed by atoms with Crippen molar-refractivity contribution in [2.24, 2.45) is 5.73 Å². The fourth-order valence-corrected chi connectivity index (χ4v) is 2.17. The summed E-state index contributed by atoms with van der Waals surface area (Å²) in [5.41, 5.74) is 9.19. The van der Waals surface area contributed by atoms with E-state index in [0.29, 0.717) is 0 Å². The minimum atomic E-state index is -0.644. The van der Waals surface area contributed by atoms with Crippen molar-refractivity contribution in [1.82, 2.24) is 4.98 Å². The first-order chi connectivity index (χ1) is 8.54. The molecule has 0 fully saturated rings. The van der Waals surface area contributed by atoms with E-state index in [1.165, 1.54) is 12.7 Å². The highest BCUT2D eigenvalue weighted by Crippen LogP contribution is 2.28. The van der Waals surface area contributed by atoms with E-state index in [1.54, 1.807) is 0 Å². The Kier molecular flexibility index (Phi) is 3.39. The second-order valence-electron chi connectivity index (χ2n) is 4.63. The summed E-state index contributed by atoms with van der Waals surface area (Å²) in [4.78, 5) is 14.7. The van der Waals surface area contributed by atoms with E-state index < -0.39 is 6.04 Å². The Balaban J connectivity index is 2.41. The molecule has 0 saturated heterocycles. The Morgan fingerprint density at radius 1 is 1.44 bits per heavy atom. The molecule has 0 saturated carbocycles. The molecule has 4 nitrogen and oxygen atoms in total. The zero-order chi connectivity index (χ0) is 13.3. The van der Waals surface area contributed by atoms with Crippen LogP contribution in [0.2, 0.25) is 0 Å². The Morgan fingerprint density at radius 2 is 2.17 bits per heavy atom. The van der Waals surface area contributed by atoms with Crippen molar-refractivity contribution in [3.8, 4) is 0 Å². The molecule has 18 heavy (non-hydrogen) atoms. The highest BCUT2D eigenvalue weighted by atomic mass is 16.5. The molecule has 3 N–H and O–H groups in total. The molecule has 2 unspecified atom stereocenters. The van der Waals surface area contributed by atoms with Crippen LogP contribution in [0.4, 0.5) is 0 Å². The van der Waals surface area contributed by atoms with Crippen LogP contribution < -0.4 is 5.73 Å². The van der Waals surface area contributed by atoms with E-state index in [4.69, 9.17) is 10.5 Å². The van der Waals surface area contributed by atoms with Gasteiger partial charge in [-0.2, -0.15) is 0 Å². The molecule has 0 spiro atoms. The number of esters is 1. The number of fused-ring (bicyclic) bond motifs is 1. The first-order valence-electron chi connectivity index (χ1n) is 5.95. The van der Waals surface area contributed by atoms with Crippen LogP contribution in [0.5, 0.6) is 0 Å². The third kappa shape index (κ3) is 2.11. The van der Waals surface area contributed by atoms with Gasteiger partial charge in [0.05, 0.1) is 7.11 Å². The molecule has 2 aromatic rings. The van der Waals surface area contributed by atoms with Crippen molar-refractivity contribution in [2.75, 3.05) is 7.11 Å². The van der Waals surface area contributed by atoms with Gasteiger partial charge in [-0.1, -0.05) is 18.6 Å². The Hall–Kier alpha value is -1.81. The third-order valence-electron chi connectivity index (χ3n) is 3.37. The van der Waals surface area contributed by atoms with Gasteiger partial charge in [0.2, 0.25) is 0 Å². The largest absolute Gasteiger partial charge is 0.468 e. The van der Waals surface area contributed by atoms with Gasteiger partial charge in [-0.05, 0) is 24.6 Å². The SMILES string of the molecule is COC(=O)C(N)C(C)c1c[nH]c2ccc(C)cc12. The molecule has 1 aromatic carbocycles. The van der Waals surface area contributed by atoms with Crippen LogP contribution in [0.15, 0.2) is 24.4 Å². The van der Waals surface area contributed by atoms with Gasteiger partial charge in [0.15, 0.2) is 0 Å². The number of benzene rings is 1. The summed E-state index contributed by atoms with van der Waals surface area (Å²) < 4.78 is 4.69. The molecule has 1 aromatic heterocycles. The lowest BCUT2D eigenvalue weighted by molar-refractivity contribution is -0.142. The van der Waals surface area contributed by atoms with E-state index in [9.17, 15) is 4.79 Å². The van der Waals surface area contributed by atoms with Gasteiger partial charge in [-0.3, -0.25) is 4.79 Å². The maximum atomic E-state index is 11.5. The molecular weight excluding hydrogens is 228 g/mol. The number of aromatic amines is 1. The fraction of sp³-hybridized carbons (Fsp3) is 0.357. The maximum absolute atomic E-state index is 11.5. The van der Waals surface area contributed by atoms with Crippen LogP contribution in [-0.4, -0.2) is 24.1 Å². The average molecular weight is 246 g/mol. The molecule has 2 atom stereocenters. The molecule has 0 aliphatic rings. The zero-order valence-electron chi connectivity index (χ0n) is 10.9. The molecule has 0 aliphatic carbocycles. The van der Waals surface area contributed by atoms with E-state index in [1.807, 2.05) is 32.2 Å². The van der Waals surface area contributed by atoms with Gasteiger partial charge in [0.25, 0.3) is 0 Å². The summed E-state index contributed by atoms with van der Waals surface area (Å²) in [7, 11) is 1.36. The summed E-state index contributed by atoms with van der Waals surface area (Å²) in [5, 5.41) is 1.11. The summed E-state index contributed by atoms with van der Waals surface area (Å²) in [6.07, 6.45) is 1.91. The van der Waals surface area contributed by atoms with Crippen LogP contribution >= 0.6 is 0 Å². The van der Waals surface area contributed by atoms with E-state index in [-0.39, 0.29) is 11.9 Å². The van der Waals surface area contributed by atoms with E-state index in [2.05, 4.69) is 11.1 Å². The van der Waals surface area contributed by atoms with Crippen molar-refractivity contribution in [3.05, 3.63) is 35.5 Å². The van der Waals surface area contributed by atoms with Gasteiger partial charge >= 0.3 is 5.97 Å². The average Bonchev–Trinajstić information content (AvgIpc) is 2.78. The first-order valence-corrected chi connectivity index (χ1v) is 5.95.